The molecular formula is C22H23F4N3O5S. The van der Waals surface area contributed by atoms with Gasteiger partial charge in [0.25, 0.3) is 5.91 Å². The molecule has 1 aliphatic heterocycles. The molecule has 0 spiro atoms. The maximum absolute atomic E-state index is 14.8. The van der Waals surface area contributed by atoms with E-state index < -0.39 is 68.7 Å². The van der Waals surface area contributed by atoms with E-state index in [2.05, 4.69) is 5.32 Å². The van der Waals surface area contributed by atoms with Crippen molar-refractivity contribution >= 4 is 27.3 Å². The first kappa shape index (κ1) is 26.4. The zero-order valence-corrected chi connectivity index (χ0v) is 19.4. The van der Waals surface area contributed by atoms with E-state index in [0.717, 1.165) is 11.0 Å². The van der Waals surface area contributed by atoms with Gasteiger partial charge in [0.05, 0.1) is 41.6 Å². The number of sulfone groups is 1. The van der Waals surface area contributed by atoms with Crippen LogP contribution in [0.15, 0.2) is 41.3 Å². The van der Waals surface area contributed by atoms with Gasteiger partial charge in [-0.15, -0.1) is 0 Å². The molecule has 0 unspecified atom stereocenters. The molecule has 3 N–H and O–H groups in total. The number of carbonyl (C=O) groups excluding carboxylic acids is 2. The highest BCUT2D eigenvalue weighted by Crippen LogP contribution is 2.34. The Bertz CT molecular complexity index is 1220. The second-order valence-corrected chi connectivity index (χ2v) is 9.94. The number of methoxy groups -OCH3 is 1. The quantitative estimate of drug-likeness (QED) is 0.431. The highest BCUT2D eigenvalue weighted by atomic mass is 32.2. The van der Waals surface area contributed by atoms with Crippen LogP contribution in [0.3, 0.4) is 0 Å². The highest BCUT2D eigenvalue weighted by Gasteiger charge is 2.37. The molecule has 13 heteroatoms. The van der Waals surface area contributed by atoms with Gasteiger partial charge in [-0.05, 0) is 36.2 Å². The summed E-state index contributed by atoms with van der Waals surface area (Å²) in [6.45, 7) is -0.524. The van der Waals surface area contributed by atoms with Crippen LogP contribution in [0.5, 0.6) is 5.75 Å². The normalized spacial score (nSPS) is 17.5. The number of ether oxygens (including phenoxy) is 1. The first-order chi connectivity index (χ1) is 16.3. The van der Waals surface area contributed by atoms with E-state index in [1.807, 2.05) is 0 Å². The molecule has 2 aromatic rings. The van der Waals surface area contributed by atoms with Crippen molar-refractivity contribution in [2.45, 2.75) is 36.5 Å². The van der Waals surface area contributed by atoms with Gasteiger partial charge in [-0.3, -0.25) is 9.59 Å². The summed E-state index contributed by atoms with van der Waals surface area (Å²) in [4.78, 5) is 26.0. The van der Waals surface area contributed by atoms with E-state index in [1.165, 1.54) is 7.11 Å². The molecule has 0 radical (unpaired) electrons. The summed E-state index contributed by atoms with van der Waals surface area (Å²) in [5.74, 6) is -3.22. The summed E-state index contributed by atoms with van der Waals surface area (Å²) >= 11 is 0. The van der Waals surface area contributed by atoms with Crippen molar-refractivity contribution in [1.82, 2.24) is 5.32 Å². The van der Waals surface area contributed by atoms with E-state index in [4.69, 9.17) is 10.5 Å². The lowest BCUT2D eigenvalue weighted by atomic mass is 10.1. The average molecular weight is 518 g/mol. The van der Waals surface area contributed by atoms with E-state index in [1.54, 1.807) is 24.3 Å². The van der Waals surface area contributed by atoms with E-state index in [9.17, 15) is 35.6 Å². The summed E-state index contributed by atoms with van der Waals surface area (Å²) in [7, 11) is -2.73. The van der Waals surface area contributed by atoms with Crippen LogP contribution < -0.4 is 20.7 Å². The molecule has 1 aliphatic rings. The van der Waals surface area contributed by atoms with E-state index in [0.29, 0.717) is 17.4 Å². The lowest BCUT2D eigenvalue weighted by Gasteiger charge is -2.25. The average Bonchev–Trinajstić information content (AvgIpc) is 2.84. The van der Waals surface area contributed by atoms with Gasteiger partial charge in [-0.25, -0.2) is 12.8 Å². The summed E-state index contributed by atoms with van der Waals surface area (Å²) in [5.41, 5.74) is 5.52. The number of amides is 2. The molecule has 0 saturated carbocycles. The van der Waals surface area contributed by atoms with Gasteiger partial charge < -0.3 is 20.7 Å². The maximum atomic E-state index is 14.8. The Morgan fingerprint density at radius 3 is 2.49 bits per heavy atom. The van der Waals surface area contributed by atoms with Gasteiger partial charge in [0.1, 0.15) is 11.6 Å². The Hall–Kier alpha value is -3.19. The SMILES string of the molecule is COc1ccc(CN2C(=O)[C@@H](N)CS(=O)(=O)c3cc(F)c(C(=O)NCCCC(F)(F)F)cc32)cc1. The van der Waals surface area contributed by atoms with Gasteiger partial charge in [-0.1, -0.05) is 12.1 Å². The number of fused-ring (bicyclic) bond motifs is 1. The lowest BCUT2D eigenvalue weighted by molar-refractivity contribution is -0.135. The minimum atomic E-state index is -4.41. The molecule has 0 saturated heterocycles. The Morgan fingerprint density at radius 2 is 1.89 bits per heavy atom. The molecule has 0 aliphatic carbocycles. The van der Waals surface area contributed by atoms with Gasteiger partial charge in [0, 0.05) is 13.0 Å². The van der Waals surface area contributed by atoms with Crippen molar-refractivity contribution in [2.24, 2.45) is 5.73 Å². The molecule has 0 aromatic heterocycles. The summed E-state index contributed by atoms with van der Waals surface area (Å²) < 4.78 is 82.5. The number of benzene rings is 2. The molecular weight excluding hydrogens is 494 g/mol. The number of anilines is 1. The van der Waals surface area contributed by atoms with Crippen LogP contribution in [0, 0.1) is 5.82 Å². The highest BCUT2D eigenvalue weighted by molar-refractivity contribution is 7.91. The van der Waals surface area contributed by atoms with Gasteiger partial charge in [-0.2, -0.15) is 13.2 Å². The number of nitrogens with two attached hydrogens (primary N) is 1. The summed E-state index contributed by atoms with van der Waals surface area (Å²) in [6.07, 6.45) is -5.97. The number of carbonyl (C=O) groups is 2. The topological polar surface area (TPSA) is 119 Å². The molecule has 2 amide bonds. The maximum Gasteiger partial charge on any atom is 0.389 e. The molecule has 2 aromatic carbocycles. The molecule has 0 fully saturated rings. The third kappa shape index (κ3) is 6.28. The molecule has 8 nitrogen and oxygen atoms in total. The van der Waals surface area contributed by atoms with Crippen LogP contribution in [0.25, 0.3) is 0 Å². The van der Waals surface area contributed by atoms with E-state index in [-0.39, 0.29) is 18.8 Å². The van der Waals surface area contributed by atoms with E-state index >= 15 is 0 Å². The number of nitrogens with one attached hydrogen (secondary N) is 1. The third-order valence-corrected chi connectivity index (χ3v) is 7.12. The van der Waals surface area contributed by atoms with Crippen molar-refractivity contribution in [3.05, 3.63) is 53.3 Å². The minimum Gasteiger partial charge on any atom is -0.497 e. The van der Waals surface area contributed by atoms with Crippen LogP contribution in [-0.2, 0) is 21.2 Å². The number of hydrogen-bond acceptors (Lipinski definition) is 6. The number of alkyl halides is 3. The number of halogens is 4. The second kappa shape index (κ2) is 10.2. The van der Waals surface area contributed by atoms with Crippen LogP contribution >= 0.6 is 0 Å². The Labute approximate surface area is 199 Å². The van der Waals surface area contributed by atoms with Gasteiger partial charge in [0.15, 0.2) is 9.84 Å². The monoisotopic (exact) mass is 517 g/mol. The van der Waals surface area contributed by atoms with Crippen LogP contribution in [0.1, 0.15) is 28.8 Å². The van der Waals surface area contributed by atoms with Crippen molar-refractivity contribution in [1.29, 1.82) is 0 Å². The van der Waals surface area contributed by atoms with Crippen LogP contribution in [0.4, 0.5) is 23.2 Å². The molecule has 1 heterocycles. The minimum absolute atomic E-state index is 0.142. The molecule has 1 atom stereocenters. The molecule has 3 rings (SSSR count). The zero-order chi connectivity index (χ0) is 26.0. The fourth-order valence-corrected chi connectivity index (χ4v) is 5.12. The second-order valence-electron chi connectivity index (χ2n) is 7.93. The standard InChI is InChI=1S/C22H23F4N3O5S/c1-34-14-5-3-13(4-6-14)11-29-18-9-15(20(30)28-8-2-7-22(24,25)26)16(23)10-19(18)35(32,33)12-17(27)21(29)31/h3-6,9-10,17H,2,7-8,11-12,27H2,1H3,(H,28,30)/t17-/m0/s1. The van der Waals surface area contributed by atoms with Crippen LogP contribution in [0.2, 0.25) is 0 Å². The first-order valence-electron chi connectivity index (χ1n) is 10.4. The molecule has 0 bridgehead atoms. The first-order valence-corrected chi connectivity index (χ1v) is 12.1. The Balaban J connectivity index is 1.99. The summed E-state index contributed by atoms with van der Waals surface area (Å²) in [5, 5.41) is 2.18. The largest absolute Gasteiger partial charge is 0.497 e. The third-order valence-electron chi connectivity index (χ3n) is 5.32. The van der Waals surface area contributed by atoms with Crippen molar-refractivity contribution < 1.29 is 40.3 Å². The lowest BCUT2D eigenvalue weighted by Crippen LogP contribution is -2.45. The van der Waals surface area contributed by atoms with Crippen LogP contribution in [-0.4, -0.2) is 51.9 Å². The fraction of sp³-hybridized carbons (Fsp3) is 0.364. The van der Waals surface area contributed by atoms with Crippen molar-refractivity contribution in [3.8, 4) is 5.75 Å². The van der Waals surface area contributed by atoms with Crippen molar-refractivity contribution in [2.75, 3.05) is 24.3 Å². The zero-order valence-electron chi connectivity index (χ0n) is 18.6. The predicted octanol–water partition coefficient (Wildman–Crippen LogP) is 2.55. The molecule has 35 heavy (non-hydrogen) atoms. The predicted molar refractivity (Wildman–Crippen MR) is 118 cm³/mol. The number of rotatable bonds is 7. The number of nitrogens with zero attached hydrogens (tertiary/aromatic N) is 1. The smallest absolute Gasteiger partial charge is 0.389 e. The Morgan fingerprint density at radius 1 is 1.23 bits per heavy atom. The molecule has 190 valence electrons. The van der Waals surface area contributed by atoms with Gasteiger partial charge in [0.2, 0.25) is 5.91 Å². The van der Waals surface area contributed by atoms with Crippen molar-refractivity contribution in [3.63, 3.8) is 0 Å². The summed E-state index contributed by atoms with van der Waals surface area (Å²) in [6, 6.07) is 6.61. The number of hydrogen-bond donors (Lipinski definition) is 2. The fourth-order valence-electron chi connectivity index (χ4n) is 3.56. The van der Waals surface area contributed by atoms with Gasteiger partial charge >= 0.3 is 6.18 Å². The Kier molecular flexibility index (Phi) is 7.70.